The predicted octanol–water partition coefficient (Wildman–Crippen LogP) is 3.49. The summed E-state index contributed by atoms with van der Waals surface area (Å²) in [6, 6.07) is 5.40. The Hall–Kier alpha value is -1.22. The maximum absolute atomic E-state index is 5.38. The molecule has 1 aromatic carbocycles. The average Bonchev–Trinajstić information content (AvgIpc) is 2.36. The van der Waals surface area contributed by atoms with Gasteiger partial charge in [-0.2, -0.15) is 0 Å². The summed E-state index contributed by atoms with van der Waals surface area (Å²) in [6.07, 6.45) is 1.08. The van der Waals surface area contributed by atoms with E-state index in [0.29, 0.717) is 12.1 Å². The normalized spacial score (nSPS) is 18.7. The van der Waals surface area contributed by atoms with E-state index in [9.17, 15) is 0 Å². The monoisotopic (exact) mass is 265 g/mol. The molecule has 1 aliphatic rings. The highest BCUT2D eigenvalue weighted by Gasteiger charge is 2.26. The Kier molecular flexibility index (Phi) is 5.24. The largest absolute Gasteiger partial charge is 0.493 e. The van der Waals surface area contributed by atoms with E-state index in [1.807, 2.05) is 0 Å². The molecule has 0 aromatic heterocycles. The number of methoxy groups -OCH3 is 2. The van der Waals surface area contributed by atoms with E-state index in [2.05, 4.69) is 37.8 Å². The van der Waals surface area contributed by atoms with Crippen LogP contribution in [-0.4, -0.2) is 31.2 Å². The van der Waals surface area contributed by atoms with Gasteiger partial charge >= 0.3 is 0 Å². The van der Waals surface area contributed by atoms with Crippen molar-refractivity contribution in [3.05, 3.63) is 23.3 Å². The van der Waals surface area contributed by atoms with Crippen LogP contribution in [0.4, 0.5) is 0 Å². The number of benzene rings is 1. The lowest BCUT2D eigenvalue weighted by Crippen LogP contribution is -2.42. The summed E-state index contributed by atoms with van der Waals surface area (Å²) in [5.74, 6) is 1.66. The number of ether oxygens (including phenoxy) is 2. The summed E-state index contributed by atoms with van der Waals surface area (Å²) >= 11 is 0. The van der Waals surface area contributed by atoms with E-state index < -0.39 is 0 Å². The topological polar surface area (TPSA) is 21.7 Å². The van der Waals surface area contributed by atoms with Crippen molar-refractivity contribution in [1.82, 2.24) is 4.90 Å². The third-order valence-corrected chi connectivity index (χ3v) is 3.80. The van der Waals surface area contributed by atoms with Crippen LogP contribution in [0.1, 0.15) is 39.3 Å². The molecule has 3 heteroatoms. The number of nitrogens with zero attached hydrogens (tertiary/aromatic N) is 1. The van der Waals surface area contributed by atoms with Gasteiger partial charge in [0, 0.05) is 18.6 Å². The predicted molar refractivity (Wildman–Crippen MR) is 80.1 cm³/mol. The Bertz CT molecular complexity index is 429. The number of hydrogen-bond donors (Lipinski definition) is 0. The van der Waals surface area contributed by atoms with Gasteiger partial charge < -0.3 is 9.47 Å². The first-order chi connectivity index (χ1) is 8.56. The molecule has 0 amide bonds. The highest BCUT2D eigenvalue weighted by atomic mass is 16.5. The van der Waals surface area contributed by atoms with E-state index in [0.717, 1.165) is 24.5 Å². The van der Waals surface area contributed by atoms with E-state index >= 15 is 0 Å². The molecule has 0 radical (unpaired) electrons. The first-order valence-electron chi connectivity index (χ1n) is 6.56. The van der Waals surface area contributed by atoms with Gasteiger partial charge in [-0.3, -0.25) is 4.90 Å². The van der Waals surface area contributed by atoms with Gasteiger partial charge in [0.25, 0.3) is 0 Å². The molecule has 0 bridgehead atoms. The first-order valence-corrected chi connectivity index (χ1v) is 6.56. The quantitative estimate of drug-likeness (QED) is 0.835. The van der Waals surface area contributed by atoms with Crippen LogP contribution in [0, 0.1) is 0 Å². The molecule has 0 fully saturated rings. The van der Waals surface area contributed by atoms with Crippen LogP contribution in [0.2, 0.25) is 0 Å². The summed E-state index contributed by atoms with van der Waals surface area (Å²) in [6.45, 7) is 7.79. The lowest BCUT2D eigenvalue weighted by Gasteiger charge is -2.38. The third-order valence-electron chi connectivity index (χ3n) is 3.80. The molecule has 0 N–H and O–H groups in total. The molecule has 0 aliphatic carbocycles. The average molecular weight is 265 g/mol. The first kappa shape index (κ1) is 15.8. The maximum Gasteiger partial charge on any atom is 0.161 e. The van der Waals surface area contributed by atoms with E-state index in [1.54, 1.807) is 14.2 Å². The van der Waals surface area contributed by atoms with Crippen molar-refractivity contribution < 1.29 is 9.47 Å². The fourth-order valence-electron chi connectivity index (χ4n) is 2.78. The van der Waals surface area contributed by atoms with Crippen LogP contribution in [-0.2, 0) is 13.0 Å². The van der Waals surface area contributed by atoms with Gasteiger partial charge in [-0.1, -0.05) is 7.43 Å². The maximum atomic E-state index is 5.38. The lowest BCUT2D eigenvalue weighted by atomic mass is 9.93. The highest BCUT2D eigenvalue weighted by molar-refractivity contribution is 5.48. The Morgan fingerprint density at radius 3 is 2.11 bits per heavy atom. The standard InChI is InChI=1S/C15H23NO2.CH4/c1-10(2)16-9-13-8-15(18-5)14(17-4)7-12(13)6-11(16)3;/h7-8,10-11H,6,9H2,1-5H3;1H4. The Balaban J connectivity index is 0.00000180. The SMILES string of the molecule is C.COc1cc2c(cc1OC)CN(C(C)C)C(C)C2. The zero-order valence-corrected chi connectivity index (χ0v) is 12.0. The van der Waals surface area contributed by atoms with Gasteiger partial charge in [-0.25, -0.2) is 0 Å². The van der Waals surface area contributed by atoms with Gasteiger partial charge in [0.2, 0.25) is 0 Å². The molecule has 19 heavy (non-hydrogen) atoms. The minimum atomic E-state index is 0. The molecule has 1 aliphatic heterocycles. The molecule has 0 saturated heterocycles. The van der Waals surface area contributed by atoms with E-state index in [-0.39, 0.29) is 7.43 Å². The Morgan fingerprint density at radius 1 is 1.11 bits per heavy atom. The van der Waals surface area contributed by atoms with Crippen molar-refractivity contribution in [2.45, 2.75) is 53.2 Å². The Labute approximate surface area is 117 Å². The van der Waals surface area contributed by atoms with Gasteiger partial charge in [0.05, 0.1) is 14.2 Å². The molecule has 1 atom stereocenters. The molecular weight excluding hydrogens is 238 g/mol. The smallest absolute Gasteiger partial charge is 0.161 e. The zero-order chi connectivity index (χ0) is 13.3. The Morgan fingerprint density at radius 2 is 1.63 bits per heavy atom. The zero-order valence-electron chi connectivity index (χ0n) is 12.0. The highest BCUT2D eigenvalue weighted by Crippen LogP contribution is 2.35. The van der Waals surface area contributed by atoms with Gasteiger partial charge in [-0.15, -0.1) is 0 Å². The molecule has 1 unspecified atom stereocenters. The van der Waals surface area contributed by atoms with Crippen molar-refractivity contribution >= 4 is 0 Å². The van der Waals surface area contributed by atoms with Gasteiger partial charge in [0.1, 0.15) is 0 Å². The molecule has 0 spiro atoms. The molecular formula is C16H27NO2. The summed E-state index contributed by atoms with van der Waals surface area (Å²) in [7, 11) is 3.38. The second kappa shape index (κ2) is 6.29. The van der Waals surface area contributed by atoms with Crippen LogP contribution in [0.25, 0.3) is 0 Å². The van der Waals surface area contributed by atoms with Crippen LogP contribution >= 0.6 is 0 Å². The minimum absolute atomic E-state index is 0. The van der Waals surface area contributed by atoms with Crippen LogP contribution < -0.4 is 9.47 Å². The molecule has 0 saturated carbocycles. The number of rotatable bonds is 3. The van der Waals surface area contributed by atoms with Crippen molar-refractivity contribution in [2.24, 2.45) is 0 Å². The van der Waals surface area contributed by atoms with Crippen molar-refractivity contribution in [3.8, 4) is 11.5 Å². The number of hydrogen-bond acceptors (Lipinski definition) is 3. The van der Waals surface area contributed by atoms with Crippen molar-refractivity contribution in [3.63, 3.8) is 0 Å². The fraction of sp³-hybridized carbons (Fsp3) is 0.625. The van der Waals surface area contributed by atoms with Crippen LogP contribution in [0.3, 0.4) is 0 Å². The van der Waals surface area contributed by atoms with Crippen LogP contribution in [0.15, 0.2) is 12.1 Å². The van der Waals surface area contributed by atoms with Crippen molar-refractivity contribution in [2.75, 3.05) is 14.2 Å². The molecule has 1 aromatic rings. The minimum Gasteiger partial charge on any atom is -0.493 e. The van der Waals surface area contributed by atoms with Crippen LogP contribution in [0.5, 0.6) is 11.5 Å². The van der Waals surface area contributed by atoms with Crippen molar-refractivity contribution in [1.29, 1.82) is 0 Å². The molecule has 2 rings (SSSR count). The second-order valence-electron chi connectivity index (χ2n) is 5.30. The lowest BCUT2D eigenvalue weighted by molar-refractivity contribution is 0.141. The van der Waals surface area contributed by atoms with Gasteiger partial charge in [-0.05, 0) is 50.5 Å². The number of fused-ring (bicyclic) bond motifs is 1. The summed E-state index contributed by atoms with van der Waals surface area (Å²) in [5, 5.41) is 0. The molecule has 1 heterocycles. The summed E-state index contributed by atoms with van der Waals surface area (Å²) in [4.78, 5) is 2.52. The third kappa shape index (κ3) is 3.03. The van der Waals surface area contributed by atoms with E-state index in [1.165, 1.54) is 11.1 Å². The summed E-state index contributed by atoms with van der Waals surface area (Å²) in [5.41, 5.74) is 2.75. The molecule has 108 valence electrons. The molecule has 3 nitrogen and oxygen atoms in total. The van der Waals surface area contributed by atoms with E-state index in [4.69, 9.17) is 9.47 Å². The second-order valence-corrected chi connectivity index (χ2v) is 5.30. The van der Waals surface area contributed by atoms with Gasteiger partial charge in [0.15, 0.2) is 11.5 Å². The fourth-order valence-corrected chi connectivity index (χ4v) is 2.78. The summed E-state index contributed by atoms with van der Waals surface area (Å²) < 4.78 is 10.8.